The molecule has 1 aliphatic heterocycles. The van der Waals surface area contributed by atoms with Gasteiger partial charge in [-0.3, -0.25) is 5.84 Å². The van der Waals surface area contributed by atoms with Crippen molar-refractivity contribution in [2.45, 2.75) is 5.50 Å². The normalized spacial score (nSPS) is 23.4. The van der Waals surface area contributed by atoms with E-state index in [1.165, 1.54) is 11.8 Å². The van der Waals surface area contributed by atoms with Crippen LogP contribution in [-0.4, -0.2) is 5.50 Å². The van der Waals surface area contributed by atoms with E-state index in [0.29, 0.717) is 0 Å². The predicted molar refractivity (Wildman–Crippen MR) is 43.0 cm³/mol. The van der Waals surface area contributed by atoms with Gasteiger partial charge in [-0.2, -0.15) is 10.2 Å². The van der Waals surface area contributed by atoms with Gasteiger partial charge in [0.15, 0.2) is 5.50 Å². The quantitative estimate of drug-likeness (QED) is 0.502. The molecule has 3 N–H and O–H groups in total. The van der Waals surface area contributed by atoms with E-state index in [4.69, 9.17) is 5.84 Å². The maximum atomic E-state index is 5.04. The molecule has 0 bridgehead atoms. The van der Waals surface area contributed by atoms with Crippen molar-refractivity contribution < 1.29 is 0 Å². The Morgan fingerprint density at radius 2 is 2.44 bits per heavy atom. The fourth-order valence-electron chi connectivity index (χ4n) is 0.336. The van der Waals surface area contributed by atoms with Gasteiger partial charge in [-0.1, -0.05) is 11.8 Å². The maximum Gasteiger partial charge on any atom is 0.184 e. The average molecular weight is 211 g/mol. The van der Waals surface area contributed by atoms with Crippen LogP contribution in [0, 0.1) is 0 Å². The number of hydrogen-bond acceptors (Lipinski definition) is 5. The van der Waals surface area contributed by atoms with E-state index in [9.17, 15) is 0 Å². The first-order chi connectivity index (χ1) is 3.93. The first-order valence-electron chi connectivity index (χ1n) is 2.10. The van der Waals surface area contributed by atoms with Crippen LogP contribution in [0.1, 0.15) is 0 Å². The molecule has 0 aromatic heterocycles. The number of nitrogens with two attached hydrogens (primary N) is 1. The zero-order chi connectivity index (χ0) is 5.82. The SMILES string of the molecule is Br.NNC1N=NC=CS1. The largest absolute Gasteiger partial charge is 0.269 e. The summed E-state index contributed by atoms with van der Waals surface area (Å²) >= 11 is 1.49. The first-order valence-corrected chi connectivity index (χ1v) is 3.04. The lowest BCUT2D eigenvalue weighted by molar-refractivity contribution is 0.681. The van der Waals surface area contributed by atoms with Crippen LogP contribution >= 0.6 is 28.7 Å². The third-order valence-electron chi connectivity index (χ3n) is 0.649. The van der Waals surface area contributed by atoms with Crippen molar-refractivity contribution in [1.82, 2.24) is 5.43 Å². The highest BCUT2D eigenvalue weighted by atomic mass is 79.9. The van der Waals surface area contributed by atoms with E-state index in [1.807, 2.05) is 5.41 Å². The van der Waals surface area contributed by atoms with Crippen molar-refractivity contribution in [2.24, 2.45) is 16.1 Å². The number of rotatable bonds is 1. The monoisotopic (exact) mass is 210 g/mol. The lowest BCUT2D eigenvalue weighted by atomic mass is 11.0. The Morgan fingerprint density at radius 3 is 2.78 bits per heavy atom. The van der Waals surface area contributed by atoms with E-state index in [2.05, 4.69) is 15.7 Å². The molecule has 52 valence electrons. The Labute approximate surface area is 67.7 Å². The summed E-state index contributed by atoms with van der Waals surface area (Å²) in [7, 11) is 0. The number of nitrogens with one attached hydrogen (secondary N) is 1. The van der Waals surface area contributed by atoms with Crippen LogP contribution in [0.4, 0.5) is 0 Å². The van der Waals surface area contributed by atoms with Crippen molar-refractivity contribution in [2.75, 3.05) is 0 Å². The molecule has 0 saturated heterocycles. The lowest BCUT2D eigenvalue weighted by Gasteiger charge is -2.06. The van der Waals surface area contributed by atoms with Crippen molar-refractivity contribution >= 4 is 28.7 Å². The van der Waals surface area contributed by atoms with Crippen molar-refractivity contribution in [1.29, 1.82) is 0 Å². The van der Waals surface area contributed by atoms with Gasteiger partial charge < -0.3 is 0 Å². The van der Waals surface area contributed by atoms with Gasteiger partial charge in [-0.25, -0.2) is 5.43 Å². The molecule has 0 radical (unpaired) electrons. The van der Waals surface area contributed by atoms with Crippen LogP contribution in [0.3, 0.4) is 0 Å². The molecule has 1 heterocycles. The third kappa shape index (κ3) is 2.95. The Bertz CT molecular complexity index is 125. The van der Waals surface area contributed by atoms with E-state index in [1.54, 1.807) is 6.20 Å². The molecule has 0 aromatic rings. The van der Waals surface area contributed by atoms with Crippen LogP contribution < -0.4 is 11.3 Å². The molecular formula is C3H7BrN4S. The fourth-order valence-corrected chi connectivity index (χ4v) is 0.797. The molecule has 9 heavy (non-hydrogen) atoms. The average Bonchev–Trinajstić information content (AvgIpc) is 1.90. The van der Waals surface area contributed by atoms with Crippen molar-refractivity contribution in [3.8, 4) is 0 Å². The summed E-state index contributed by atoms with van der Waals surface area (Å²) in [6, 6.07) is 0. The van der Waals surface area contributed by atoms with Gasteiger partial charge in [0.2, 0.25) is 0 Å². The molecule has 6 heteroatoms. The van der Waals surface area contributed by atoms with Crippen LogP contribution in [0.25, 0.3) is 0 Å². The second-order valence-corrected chi connectivity index (χ2v) is 2.16. The van der Waals surface area contributed by atoms with E-state index in [0.717, 1.165) is 0 Å². The third-order valence-corrected chi connectivity index (χ3v) is 1.42. The topological polar surface area (TPSA) is 62.8 Å². The molecule has 1 aliphatic rings. The summed E-state index contributed by atoms with van der Waals surface area (Å²) in [5, 5.41) is 9.15. The van der Waals surface area contributed by atoms with E-state index in [-0.39, 0.29) is 22.5 Å². The fraction of sp³-hybridized carbons (Fsp3) is 0.333. The van der Waals surface area contributed by atoms with Gasteiger partial charge in [0.1, 0.15) is 0 Å². The molecular weight excluding hydrogens is 204 g/mol. The Morgan fingerprint density at radius 1 is 1.67 bits per heavy atom. The number of hydrogen-bond donors (Lipinski definition) is 2. The summed E-state index contributed by atoms with van der Waals surface area (Å²) < 4.78 is 0. The minimum absolute atomic E-state index is 0. The second kappa shape index (κ2) is 4.92. The summed E-state index contributed by atoms with van der Waals surface area (Å²) in [4.78, 5) is 0. The molecule has 0 aromatic carbocycles. The highest BCUT2D eigenvalue weighted by Gasteiger charge is 2.02. The van der Waals surface area contributed by atoms with Crippen molar-refractivity contribution in [3.05, 3.63) is 11.6 Å². The Balaban J connectivity index is 0.000000640. The molecule has 1 atom stereocenters. The Kier molecular flexibility index (Phi) is 4.97. The molecule has 4 nitrogen and oxygen atoms in total. The van der Waals surface area contributed by atoms with Crippen LogP contribution in [-0.2, 0) is 0 Å². The van der Waals surface area contributed by atoms with Crippen LogP contribution in [0.15, 0.2) is 21.8 Å². The predicted octanol–water partition coefficient (Wildman–Crippen LogP) is 0.981. The zero-order valence-corrected chi connectivity index (χ0v) is 7.05. The van der Waals surface area contributed by atoms with E-state index >= 15 is 0 Å². The number of thioether (sulfide) groups is 1. The zero-order valence-electron chi connectivity index (χ0n) is 4.52. The van der Waals surface area contributed by atoms with Crippen LogP contribution in [0.2, 0.25) is 0 Å². The second-order valence-electron chi connectivity index (χ2n) is 1.17. The highest BCUT2D eigenvalue weighted by molar-refractivity contribution is 8.93. The van der Waals surface area contributed by atoms with Crippen LogP contribution in [0.5, 0.6) is 0 Å². The highest BCUT2D eigenvalue weighted by Crippen LogP contribution is 2.14. The van der Waals surface area contributed by atoms with Gasteiger partial charge in [0.05, 0.1) is 6.20 Å². The first kappa shape index (κ1) is 9.09. The van der Waals surface area contributed by atoms with Gasteiger partial charge in [0.25, 0.3) is 0 Å². The molecule has 0 spiro atoms. The van der Waals surface area contributed by atoms with Crippen molar-refractivity contribution in [3.63, 3.8) is 0 Å². The summed E-state index contributed by atoms with van der Waals surface area (Å²) in [5.74, 6) is 5.04. The number of halogens is 1. The lowest BCUT2D eigenvalue weighted by Crippen LogP contribution is -2.30. The molecule has 1 unspecified atom stereocenters. The minimum Gasteiger partial charge on any atom is -0.269 e. The molecule has 1 rings (SSSR count). The van der Waals surface area contributed by atoms with E-state index < -0.39 is 0 Å². The minimum atomic E-state index is -0.0972. The molecule has 0 fully saturated rings. The smallest absolute Gasteiger partial charge is 0.184 e. The number of nitrogens with zero attached hydrogens (tertiary/aromatic N) is 2. The summed E-state index contributed by atoms with van der Waals surface area (Å²) in [6.07, 6.45) is 1.62. The Hall–Kier alpha value is 0.0900. The number of hydrazine groups is 1. The summed E-state index contributed by atoms with van der Waals surface area (Å²) in [6.45, 7) is 0. The molecule has 0 aliphatic carbocycles. The van der Waals surface area contributed by atoms with Gasteiger partial charge in [-0.05, 0) is 5.41 Å². The molecule has 0 saturated carbocycles. The standard InChI is InChI=1S/C3H6N4S.BrH/c4-6-3-7-5-1-2-8-3;/h1-3,6H,4H2;1H. The maximum absolute atomic E-state index is 5.04. The van der Waals surface area contributed by atoms with Gasteiger partial charge in [-0.15, -0.1) is 17.0 Å². The number of azo groups is 1. The molecule has 0 amide bonds. The summed E-state index contributed by atoms with van der Waals surface area (Å²) in [5.41, 5.74) is 2.36. The van der Waals surface area contributed by atoms with Gasteiger partial charge in [0, 0.05) is 0 Å². The van der Waals surface area contributed by atoms with Gasteiger partial charge >= 0.3 is 0 Å².